The molecule has 1 amide bonds. The molecule has 2 aliphatic rings. The van der Waals surface area contributed by atoms with Crippen LogP contribution in [-0.2, 0) is 4.74 Å². The van der Waals surface area contributed by atoms with Gasteiger partial charge in [0, 0.05) is 6.42 Å². The Morgan fingerprint density at radius 2 is 2.00 bits per heavy atom. The van der Waals surface area contributed by atoms with E-state index in [1.54, 1.807) is 0 Å². The first kappa shape index (κ1) is 11.9. The summed E-state index contributed by atoms with van der Waals surface area (Å²) in [5, 5.41) is 2.77. The predicted molar refractivity (Wildman–Crippen MR) is 61.7 cm³/mol. The number of benzene rings is 1. The topological polar surface area (TPSA) is 56.8 Å². The number of hydrogen-bond donors (Lipinski definition) is 1. The summed E-state index contributed by atoms with van der Waals surface area (Å²) < 4.78 is 15.3. The molecule has 0 aromatic heterocycles. The second kappa shape index (κ2) is 4.71. The zero-order valence-electron chi connectivity index (χ0n) is 8.97. The quantitative estimate of drug-likeness (QED) is 0.836. The Kier molecular flexibility index (Phi) is 3.28. The Hall–Kier alpha value is -1.62. The summed E-state index contributed by atoms with van der Waals surface area (Å²) in [6.07, 6.45) is 0.402. The van der Waals surface area contributed by atoms with Crippen molar-refractivity contribution < 1.29 is 19.0 Å². The molecule has 2 aliphatic heterocycles. The summed E-state index contributed by atoms with van der Waals surface area (Å²) in [6, 6.07) is 5.69. The smallest absolute Gasteiger partial charge is 0.407 e. The van der Waals surface area contributed by atoms with Crippen LogP contribution in [0.3, 0.4) is 0 Å². The molecule has 1 saturated heterocycles. The monoisotopic (exact) mass is 257 g/mol. The van der Waals surface area contributed by atoms with E-state index < -0.39 is 0 Å². The molecule has 1 N–H and O–H groups in total. The zero-order valence-corrected chi connectivity index (χ0v) is 9.79. The van der Waals surface area contributed by atoms with Crippen molar-refractivity contribution in [2.45, 2.75) is 12.5 Å². The average Bonchev–Trinajstić information content (AvgIpc) is 2.75. The fraction of sp³-hybridized carbons (Fsp3) is 0.364. The van der Waals surface area contributed by atoms with Gasteiger partial charge in [0.15, 0.2) is 11.5 Å². The van der Waals surface area contributed by atoms with Crippen LogP contribution in [0.25, 0.3) is 0 Å². The van der Waals surface area contributed by atoms with Crippen LogP contribution < -0.4 is 14.8 Å². The standard InChI is InChI=1S/C11H11NO4.ClH/c13-11-12-8(3-4-14-11)7-1-2-9-10(5-7)16-6-15-9;/h1-2,5,8H,3-4,6H2,(H,12,13);1H/t8-;/m0./s1. The van der Waals surface area contributed by atoms with E-state index in [0.717, 1.165) is 23.5 Å². The summed E-state index contributed by atoms with van der Waals surface area (Å²) in [7, 11) is 0. The highest BCUT2D eigenvalue weighted by Crippen LogP contribution is 2.35. The second-order valence-electron chi connectivity index (χ2n) is 3.73. The lowest BCUT2D eigenvalue weighted by Crippen LogP contribution is -2.35. The number of carbonyl (C=O) groups is 1. The van der Waals surface area contributed by atoms with Gasteiger partial charge in [-0.2, -0.15) is 0 Å². The predicted octanol–water partition coefficient (Wildman–Crippen LogP) is 2.01. The van der Waals surface area contributed by atoms with Gasteiger partial charge in [-0.15, -0.1) is 12.4 Å². The highest BCUT2D eigenvalue weighted by Gasteiger charge is 2.23. The lowest BCUT2D eigenvalue weighted by molar-refractivity contribution is 0.115. The van der Waals surface area contributed by atoms with Crippen molar-refractivity contribution in [3.05, 3.63) is 23.8 Å². The number of nitrogens with one attached hydrogen (secondary N) is 1. The minimum Gasteiger partial charge on any atom is -0.454 e. The fourth-order valence-corrected chi connectivity index (χ4v) is 1.91. The van der Waals surface area contributed by atoms with Crippen LogP contribution in [0.5, 0.6) is 11.5 Å². The molecule has 2 heterocycles. The highest BCUT2D eigenvalue weighted by atomic mass is 35.5. The van der Waals surface area contributed by atoms with Gasteiger partial charge in [-0.3, -0.25) is 0 Å². The van der Waals surface area contributed by atoms with Crippen molar-refractivity contribution in [1.29, 1.82) is 0 Å². The molecule has 1 aromatic rings. The van der Waals surface area contributed by atoms with E-state index in [1.165, 1.54) is 0 Å². The molecule has 0 bridgehead atoms. The Labute approximate surface area is 104 Å². The Morgan fingerprint density at radius 3 is 2.82 bits per heavy atom. The van der Waals surface area contributed by atoms with E-state index in [1.807, 2.05) is 18.2 Å². The lowest BCUT2D eigenvalue weighted by Gasteiger charge is -2.23. The molecule has 3 rings (SSSR count). The van der Waals surface area contributed by atoms with Crippen molar-refractivity contribution in [2.75, 3.05) is 13.4 Å². The van der Waals surface area contributed by atoms with Gasteiger partial charge in [0.2, 0.25) is 6.79 Å². The van der Waals surface area contributed by atoms with Crippen LogP contribution in [0.2, 0.25) is 0 Å². The molecule has 1 fully saturated rings. The number of hydrogen-bond acceptors (Lipinski definition) is 4. The van der Waals surface area contributed by atoms with Gasteiger partial charge < -0.3 is 19.5 Å². The van der Waals surface area contributed by atoms with E-state index in [4.69, 9.17) is 14.2 Å². The summed E-state index contributed by atoms with van der Waals surface area (Å²) in [4.78, 5) is 11.1. The summed E-state index contributed by atoms with van der Waals surface area (Å²) in [5.41, 5.74) is 1.01. The minimum atomic E-state index is -0.367. The molecular weight excluding hydrogens is 246 g/mol. The molecule has 0 unspecified atom stereocenters. The van der Waals surface area contributed by atoms with E-state index >= 15 is 0 Å². The van der Waals surface area contributed by atoms with Gasteiger partial charge in [0.1, 0.15) is 0 Å². The molecule has 92 valence electrons. The van der Waals surface area contributed by atoms with Gasteiger partial charge in [0.05, 0.1) is 12.6 Å². The molecule has 1 aromatic carbocycles. The number of halogens is 1. The van der Waals surface area contributed by atoms with Gasteiger partial charge in [0.25, 0.3) is 0 Å². The van der Waals surface area contributed by atoms with Gasteiger partial charge >= 0.3 is 6.09 Å². The summed E-state index contributed by atoms with van der Waals surface area (Å²) >= 11 is 0. The van der Waals surface area contributed by atoms with Crippen molar-refractivity contribution in [1.82, 2.24) is 5.32 Å². The average molecular weight is 258 g/mol. The van der Waals surface area contributed by atoms with E-state index in [-0.39, 0.29) is 31.3 Å². The maximum absolute atomic E-state index is 11.1. The van der Waals surface area contributed by atoms with Crippen LogP contribution in [0.4, 0.5) is 4.79 Å². The molecule has 0 aliphatic carbocycles. The van der Waals surface area contributed by atoms with Crippen LogP contribution in [0.1, 0.15) is 18.0 Å². The van der Waals surface area contributed by atoms with Crippen LogP contribution in [-0.4, -0.2) is 19.5 Å². The number of cyclic esters (lactones) is 1. The van der Waals surface area contributed by atoms with Crippen molar-refractivity contribution >= 4 is 18.5 Å². The Morgan fingerprint density at radius 1 is 1.18 bits per heavy atom. The maximum Gasteiger partial charge on any atom is 0.407 e. The third-order valence-electron chi connectivity index (χ3n) is 2.73. The summed E-state index contributed by atoms with van der Waals surface area (Å²) in [5.74, 6) is 1.49. The third-order valence-corrected chi connectivity index (χ3v) is 2.73. The minimum absolute atomic E-state index is 0. The second-order valence-corrected chi connectivity index (χ2v) is 3.73. The largest absolute Gasteiger partial charge is 0.454 e. The van der Waals surface area contributed by atoms with Gasteiger partial charge in [-0.25, -0.2) is 4.79 Å². The number of amides is 1. The Balaban J connectivity index is 0.00000108. The van der Waals surface area contributed by atoms with Crippen molar-refractivity contribution in [3.63, 3.8) is 0 Å². The number of fused-ring (bicyclic) bond motifs is 1. The van der Waals surface area contributed by atoms with E-state index in [9.17, 15) is 4.79 Å². The Bertz CT molecular complexity index is 437. The molecule has 0 saturated carbocycles. The van der Waals surface area contributed by atoms with Crippen molar-refractivity contribution in [3.8, 4) is 11.5 Å². The highest BCUT2D eigenvalue weighted by molar-refractivity contribution is 5.85. The number of alkyl carbamates (subject to hydrolysis) is 1. The van der Waals surface area contributed by atoms with Crippen LogP contribution >= 0.6 is 12.4 Å². The number of ether oxygens (including phenoxy) is 3. The van der Waals surface area contributed by atoms with Gasteiger partial charge in [-0.1, -0.05) is 6.07 Å². The third kappa shape index (κ3) is 2.24. The molecule has 5 nitrogen and oxygen atoms in total. The first-order valence-electron chi connectivity index (χ1n) is 5.16. The summed E-state index contributed by atoms with van der Waals surface area (Å²) in [6.45, 7) is 0.712. The lowest BCUT2D eigenvalue weighted by atomic mass is 10.0. The number of rotatable bonds is 1. The zero-order chi connectivity index (χ0) is 11.0. The molecular formula is C11H12ClNO4. The van der Waals surface area contributed by atoms with Crippen molar-refractivity contribution in [2.24, 2.45) is 0 Å². The molecule has 17 heavy (non-hydrogen) atoms. The molecule has 0 spiro atoms. The normalized spacial score (nSPS) is 21.2. The van der Waals surface area contributed by atoms with Crippen LogP contribution in [0, 0.1) is 0 Å². The van der Waals surface area contributed by atoms with Crippen LogP contribution in [0.15, 0.2) is 18.2 Å². The fourth-order valence-electron chi connectivity index (χ4n) is 1.91. The molecule has 0 radical (unpaired) electrons. The molecule has 6 heteroatoms. The molecule has 1 atom stereocenters. The van der Waals surface area contributed by atoms with Gasteiger partial charge in [-0.05, 0) is 17.7 Å². The number of carbonyl (C=O) groups excluding carboxylic acids is 1. The maximum atomic E-state index is 11.1. The first-order chi connectivity index (χ1) is 7.83. The van der Waals surface area contributed by atoms with E-state index in [0.29, 0.717) is 6.61 Å². The SMILES string of the molecule is Cl.O=C1N[C@H](c2ccc3c(c2)OCO3)CCO1. The van der Waals surface area contributed by atoms with E-state index in [2.05, 4.69) is 5.32 Å². The first-order valence-corrected chi connectivity index (χ1v) is 5.16.